The first-order valence-corrected chi connectivity index (χ1v) is 13.0. The number of hydrogen-bond acceptors (Lipinski definition) is 5. The van der Waals surface area contributed by atoms with Gasteiger partial charge in [-0.2, -0.15) is 0 Å². The fraction of sp³-hybridized carbons (Fsp3) is 0.467. The molecule has 3 heterocycles. The molecule has 3 aliphatic heterocycles. The van der Waals surface area contributed by atoms with Crippen molar-refractivity contribution >= 4 is 17.6 Å². The van der Waals surface area contributed by atoms with Gasteiger partial charge < -0.3 is 14.4 Å². The zero-order chi connectivity index (χ0) is 25.4. The Labute approximate surface area is 213 Å². The third kappa shape index (κ3) is 3.83. The second kappa shape index (κ2) is 9.74. The molecule has 6 nitrogen and oxygen atoms in total. The van der Waals surface area contributed by atoms with Gasteiger partial charge in [-0.05, 0) is 55.3 Å². The van der Waals surface area contributed by atoms with Crippen molar-refractivity contribution in [3.63, 3.8) is 0 Å². The molecular formula is C30H36N2O4. The van der Waals surface area contributed by atoms with Crippen LogP contribution >= 0.6 is 0 Å². The number of hydrogen-bond donors (Lipinski definition) is 0. The largest absolute Gasteiger partial charge is 0.504 e. The number of benzene rings is 2. The quantitative estimate of drug-likeness (QED) is 0.338. The molecule has 36 heavy (non-hydrogen) atoms. The lowest BCUT2D eigenvalue weighted by atomic mass is 9.67. The minimum atomic E-state index is -0.605. The van der Waals surface area contributed by atoms with Crippen molar-refractivity contribution in [3.8, 4) is 0 Å². The number of carbonyl (C=O) groups excluding carboxylic acids is 2. The van der Waals surface area contributed by atoms with Crippen LogP contribution in [0.4, 0.5) is 5.69 Å². The summed E-state index contributed by atoms with van der Waals surface area (Å²) in [6.07, 6.45) is 4.01. The Morgan fingerprint density at radius 2 is 1.89 bits per heavy atom. The highest BCUT2D eigenvalue weighted by Crippen LogP contribution is 2.55. The number of amides is 1. The third-order valence-electron chi connectivity index (χ3n) is 8.67. The topological polar surface area (TPSA) is 59.1 Å². The van der Waals surface area contributed by atoms with E-state index >= 15 is 0 Å². The lowest BCUT2D eigenvalue weighted by molar-refractivity contribution is -0.137. The molecule has 0 N–H and O–H groups in total. The van der Waals surface area contributed by atoms with Crippen LogP contribution in [0.5, 0.6) is 0 Å². The molecular weight excluding hydrogens is 452 g/mol. The summed E-state index contributed by atoms with van der Waals surface area (Å²) < 4.78 is 10.5. The molecule has 2 aromatic rings. The van der Waals surface area contributed by atoms with E-state index in [2.05, 4.69) is 55.1 Å². The molecule has 1 amide bonds. The zero-order valence-electron chi connectivity index (χ0n) is 21.7. The number of nitrogens with zero attached hydrogens (tertiary/aromatic N) is 2. The Morgan fingerprint density at radius 3 is 2.58 bits per heavy atom. The van der Waals surface area contributed by atoms with Crippen molar-refractivity contribution in [2.75, 3.05) is 32.2 Å². The normalized spacial score (nSPS) is 27.8. The highest BCUT2D eigenvalue weighted by molar-refractivity contribution is 6.09. The Balaban J connectivity index is 1.54. The predicted octanol–water partition coefficient (Wildman–Crippen LogP) is 4.60. The van der Waals surface area contributed by atoms with Gasteiger partial charge in [-0.1, -0.05) is 61.4 Å². The molecule has 4 atom stereocenters. The van der Waals surface area contributed by atoms with Crippen LogP contribution in [0.15, 0.2) is 60.4 Å². The summed E-state index contributed by atoms with van der Waals surface area (Å²) in [5, 5.41) is 0. The van der Waals surface area contributed by atoms with Gasteiger partial charge in [0, 0.05) is 18.3 Å². The van der Waals surface area contributed by atoms with Crippen LogP contribution in [0.3, 0.4) is 0 Å². The Bertz CT molecular complexity index is 1170. The molecule has 5 rings (SSSR count). The fourth-order valence-corrected chi connectivity index (χ4v) is 6.86. The van der Waals surface area contributed by atoms with E-state index in [1.54, 1.807) is 13.4 Å². The molecule has 190 valence electrons. The Hall–Kier alpha value is -3.12. The van der Waals surface area contributed by atoms with Gasteiger partial charge in [0.1, 0.15) is 0 Å². The number of anilines is 1. The van der Waals surface area contributed by atoms with Gasteiger partial charge in [0.25, 0.3) is 0 Å². The molecule has 2 saturated heterocycles. The average Bonchev–Trinajstić information content (AvgIpc) is 3.39. The maximum absolute atomic E-state index is 14.4. The maximum Gasteiger partial charge on any atom is 0.337 e. The minimum Gasteiger partial charge on any atom is -0.504 e. The van der Waals surface area contributed by atoms with Gasteiger partial charge in [-0.3, -0.25) is 9.69 Å². The lowest BCUT2D eigenvalue weighted by Gasteiger charge is -2.45. The first kappa shape index (κ1) is 24.6. The number of ether oxygens (including phenoxy) is 2. The molecule has 1 unspecified atom stereocenters. The highest BCUT2D eigenvalue weighted by atomic mass is 16.5. The van der Waals surface area contributed by atoms with Gasteiger partial charge in [-0.25, -0.2) is 4.79 Å². The molecule has 1 spiro atoms. The van der Waals surface area contributed by atoms with E-state index in [9.17, 15) is 9.59 Å². The fourth-order valence-electron chi connectivity index (χ4n) is 6.86. The number of para-hydroxylation sites is 1. The van der Waals surface area contributed by atoms with E-state index in [0.717, 1.165) is 49.2 Å². The Morgan fingerprint density at radius 1 is 1.14 bits per heavy atom. The van der Waals surface area contributed by atoms with Crippen LogP contribution in [0.2, 0.25) is 0 Å². The number of methoxy groups -OCH3 is 2. The third-order valence-corrected chi connectivity index (χ3v) is 8.67. The molecule has 0 aromatic heterocycles. The van der Waals surface area contributed by atoms with Crippen LogP contribution in [0, 0.1) is 18.8 Å². The molecule has 2 fully saturated rings. The van der Waals surface area contributed by atoms with Crippen LogP contribution in [-0.4, -0.2) is 50.1 Å². The van der Waals surface area contributed by atoms with Crippen molar-refractivity contribution < 1.29 is 19.1 Å². The second-order valence-corrected chi connectivity index (χ2v) is 10.4. The Kier molecular flexibility index (Phi) is 6.64. The smallest absolute Gasteiger partial charge is 0.337 e. The van der Waals surface area contributed by atoms with E-state index in [0.29, 0.717) is 18.0 Å². The summed E-state index contributed by atoms with van der Waals surface area (Å²) in [5.41, 5.74) is 4.44. The van der Waals surface area contributed by atoms with E-state index in [4.69, 9.17) is 9.47 Å². The monoisotopic (exact) mass is 488 g/mol. The summed E-state index contributed by atoms with van der Waals surface area (Å²) in [7, 11) is 2.98. The maximum atomic E-state index is 14.4. The summed E-state index contributed by atoms with van der Waals surface area (Å²) in [4.78, 5) is 31.7. The van der Waals surface area contributed by atoms with Crippen molar-refractivity contribution in [1.29, 1.82) is 0 Å². The van der Waals surface area contributed by atoms with Gasteiger partial charge >= 0.3 is 5.97 Å². The zero-order valence-corrected chi connectivity index (χ0v) is 21.7. The van der Waals surface area contributed by atoms with Crippen molar-refractivity contribution in [2.24, 2.45) is 11.8 Å². The summed E-state index contributed by atoms with van der Waals surface area (Å²) in [5.74, 6) is 0.109. The number of esters is 1. The first-order chi connectivity index (χ1) is 17.4. The van der Waals surface area contributed by atoms with Gasteiger partial charge in [-0.15, -0.1) is 0 Å². The summed E-state index contributed by atoms with van der Waals surface area (Å²) in [6.45, 7) is 6.55. The highest BCUT2D eigenvalue weighted by Gasteiger charge is 2.62. The standard InChI is InChI=1S/C30H36N2O4/c1-5-22-18-31-15-14-30(27(31)16-23(22)24(19-35-3)28(33)36-4)25-8-6-7-9-26(25)32(29(30)34)17-21-12-10-20(2)11-13-21/h6-13,19,22-23,27H,5,14-18H2,1-4H3/b24-19+/t22-,23-,27?,30+/m0/s1. The van der Waals surface area contributed by atoms with Crippen LogP contribution < -0.4 is 4.90 Å². The minimum absolute atomic E-state index is 0.0203. The number of carbonyl (C=O) groups is 2. The second-order valence-electron chi connectivity index (χ2n) is 10.4. The van der Waals surface area contributed by atoms with Crippen LogP contribution in [-0.2, 0) is 31.0 Å². The van der Waals surface area contributed by atoms with E-state index in [1.165, 1.54) is 12.7 Å². The number of rotatable bonds is 6. The molecule has 2 aromatic carbocycles. The number of piperidine rings is 1. The molecule has 0 radical (unpaired) electrons. The van der Waals surface area contributed by atoms with E-state index < -0.39 is 5.41 Å². The molecule has 3 aliphatic rings. The molecule has 6 heteroatoms. The van der Waals surface area contributed by atoms with Crippen molar-refractivity contribution in [2.45, 2.75) is 51.1 Å². The SMILES string of the molecule is CC[C@H]1CN2CC[C@]3(C(=O)N(Cc4ccc(C)cc4)c4ccccc43)C2C[C@@H]1/C(=C\OC)C(=O)OC. The van der Waals surface area contributed by atoms with Gasteiger partial charge in [0.05, 0.1) is 38.0 Å². The summed E-state index contributed by atoms with van der Waals surface area (Å²) in [6, 6.07) is 16.7. The molecule has 0 saturated carbocycles. The van der Waals surface area contributed by atoms with Crippen molar-refractivity contribution in [1.82, 2.24) is 4.90 Å². The van der Waals surface area contributed by atoms with Gasteiger partial charge in [0.2, 0.25) is 5.91 Å². The van der Waals surface area contributed by atoms with Crippen molar-refractivity contribution in [3.05, 3.63) is 77.1 Å². The summed E-state index contributed by atoms with van der Waals surface area (Å²) >= 11 is 0. The molecule has 0 aliphatic carbocycles. The van der Waals surface area contributed by atoms with E-state index in [1.807, 2.05) is 17.0 Å². The lowest BCUT2D eigenvalue weighted by Crippen LogP contribution is -2.54. The predicted molar refractivity (Wildman–Crippen MR) is 139 cm³/mol. The van der Waals surface area contributed by atoms with Crippen LogP contribution in [0.1, 0.15) is 42.9 Å². The van der Waals surface area contributed by atoms with Crippen LogP contribution in [0.25, 0.3) is 0 Å². The number of fused-ring (bicyclic) bond motifs is 4. The van der Waals surface area contributed by atoms with Gasteiger partial charge in [0.15, 0.2) is 0 Å². The van der Waals surface area contributed by atoms with E-state index in [-0.39, 0.29) is 23.8 Å². The molecule has 0 bridgehead atoms. The number of aryl methyl sites for hydroxylation is 1. The average molecular weight is 489 g/mol. The first-order valence-electron chi connectivity index (χ1n) is 13.0.